The highest BCUT2D eigenvalue weighted by atomic mass is 35.5. The standard InChI is InChI=1S/C19H18Cl2N4O2S/c1-26-14-8-13(9-15(10-14)27-2)22-19(28)23-18-5-6-25(24-18)11-12-3-4-16(20)17(21)7-12/h3-10H,11H2,1-2H3,(H2,22,23,24,28). The number of nitrogens with one attached hydrogen (secondary N) is 2. The third-order valence-corrected chi connectivity index (χ3v) is 4.76. The predicted molar refractivity (Wildman–Crippen MR) is 117 cm³/mol. The molecule has 0 radical (unpaired) electrons. The largest absolute Gasteiger partial charge is 0.497 e. The number of ether oxygens (including phenoxy) is 2. The molecule has 0 amide bonds. The van der Waals surface area contributed by atoms with Crippen LogP contribution >= 0.6 is 35.4 Å². The molecule has 0 saturated carbocycles. The smallest absolute Gasteiger partial charge is 0.176 e. The first-order chi connectivity index (χ1) is 13.5. The van der Waals surface area contributed by atoms with E-state index < -0.39 is 0 Å². The van der Waals surface area contributed by atoms with E-state index in [2.05, 4.69) is 15.7 Å². The molecule has 0 saturated heterocycles. The lowest BCUT2D eigenvalue weighted by Gasteiger charge is -2.11. The first-order valence-electron chi connectivity index (χ1n) is 8.25. The number of thiocarbonyl (C=S) groups is 1. The second-order valence-electron chi connectivity index (χ2n) is 5.83. The van der Waals surface area contributed by atoms with Crippen molar-refractivity contribution in [2.45, 2.75) is 6.54 Å². The van der Waals surface area contributed by atoms with Gasteiger partial charge < -0.3 is 20.1 Å². The number of halogens is 2. The summed E-state index contributed by atoms with van der Waals surface area (Å²) in [5.74, 6) is 1.94. The van der Waals surface area contributed by atoms with Gasteiger partial charge in [-0.05, 0) is 29.9 Å². The first-order valence-corrected chi connectivity index (χ1v) is 9.41. The normalized spacial score (nSPS) is 10.4. The van der Waals surface area contributed by atoms with Crippen LogP contribution in [0.1, 0.15) is 5.56 Å². The quantitative estimate of drug-likeness (QED) is 0.526. The van der Waals surface area contributed by atoms with Crippen molar-refractivity contribution in [2.75, 3.05) is 24.9 Å². The van der Waals surface area contributed by atoms with Gasteiger partial charge in [-0.1, -0.05) is 29.3 Å². The van der Waals surface area contributed by atoms with E-state index in [9.17, 15) is 0 Å². The van der Waals surface area contributed by atoms with Gasteiger partial charge in [-0.15, -0.1) is 0 Å². The second kappa shape index (κ2) is 9.14. The average Bonchev–Trinajstić information content (AvgIpc) is 3.10. The highest BCUT2D eigenvalue weighted by Gasteiger charge is 2.07. The van der Waals surface area contributed by atoms with Crippen LogP contribution in [-0.2, 0) is 6.54 Å². The van der Waals surface area contributed by atoms with Crippen LogP contribution in [0.5, 0.6) is 11.5 Å². The van der Waals surface area contributed by atoms with Crippen LogP contribution in [0.3, 0.4) is 0 Å². The van der Waals surface area contributed by atoms with Crippen molar-refractivity contribution in [3.63, 3.8) is 0 Å². The molecule has 1 heterocycles. The van der Waals surface area contributed by atoms with Crippen LogP contribution in [0.2, 0.25) is 10.0 Å². The van der Waals surface area contributed by atoms with Crippen LogP contribution in [0.15, 0.2) is 48.7 Å². The fraction of sp³-hybridized carbons (Fsp3) is 0.158. The van der Waals surface area contributed by atoms with Gasteiger partial charge in [-0.2, -0.15) is 5.10 Å². The molecular formula is C19H18Cl2N4O2S. The van der Waals surface area contributed by atoms with Crippen molar-refractivity contribution in [3.05, 3.63) is 64.3 Å². The lowest BCUT2D eigenvalue weighted by molar-refractivity contribution is 0.395. The summed E-state index contributed by atoms with van der Waals surface area (Å²) in [6.07, 6.45) is 1.85. The molecule has 0 aliphatic carbocycles. The van der Waals surface area contributed by atoms with Crippen LogP contribution in [0.25, 0.3) is 0 Å². The SMILES string of the molecule is COc1cc(NC(=S)Nc2ccn(Cc3ccc(Cl)c(Cl)c3)n2)cc(OC)c1. The van der Waals surface area contributed by atoms with Gasteiger partial charge in [-0.3, -0.25) is 4.68 Å². The molecule has 0 atom stereocenters. The Morgan fingerprint density at radius 3 is 2.36 bits per heavy atom. The van der Waals surface area contributed by atoms with Crippen molar-refractivity contribution in [3.8, 4) is 11.5 Å². The van der Waals surface area contributed by atoms with Gasteiger partial charge in [0, 0.05) is 36.1 Å². The van der Waals surface area contributed by atoms with Crippen molar-refractivity contribution >= 4 is 52.0 Å². The van der Waals surface area contributed by atoms with Crippen LogP contribution < -0.4 is 20.1 Å². The first kappa shape index (κ1) is 20.3. The Bertz CT molecular complexity index is 972. The molecular weight excluding hydrogens is 419 g/mol. The zero-order chi connectivity index (χ0) is 20.1. The van der Waals surface area contributed by atoms with E-state index >= 15 is 0 Å². The molecule has 0 fully saturated rings. The summed E-state index contributed by atoms with van der Waals surface area (Å²) >= 11 is 17.4. The van der Waals surface area contributed by atoms with Gasteiger partial charge in [0.2, 0.25) is 0 Å². The fourth-order valence-corrected chi connectivity index (χ4v) is 3.04. The van der Waals surface area contributed by atoms with Crippen molar-refractivity contribution in [1.82, 2.24) is 9.78 Å². The van der Waals surface area contributed by atoms with Gasteiger partial charge in [0.25, 0.3) is 0 Å². The number of aromatic nitrogens is 2. The van der Waals surface area contributed by atoms with Gasteiger partial charge in [0.1, 0.15) is 11.5 Å². The Morgan fingerprint density at radius 1 is 1.00 bits per heavy atom. The molecule has 0 unspecified atom stereocenters. The average molecular weight is 437 g/mol. The summed E-state index contributed by atoms with van der Waals surface area (Å²) in [6.45, 7) is 0.561. The molecule has 6 nitrogen and oxygen atoms in total. The van der Waals surface area contributed by atoms with Crippen molar-refractivity contribution in [2.24, 2.45) is 0 Å². The topological polar surface area (TPSA) is 60.3 Å². The Balaban J connectivity index is 1.63. The number of anilines is 2. The molecule has 146 valence electrons. The van der Waals surface area contributed by atoms with Gasteiger partial charge in [0.05, 0.1) is 30.8 Å². The Hall–Kier alpha value is -2.48. The lowest BCUT2D eigenvalue weighted by Crippen LogP contribution is -2.19. The van der Waals surface area contributed by atoms with E-state index in [4.69, 9.17) is 44.9 Å². The fourth-order valence-electron chi connectivity index (χ4n) is 2.50. The minimum Gasteiger partial charge on any atom is -0.497 e. The van der Waals surface area contributed by atoms with Crippen molar-refractivity contribution < 1.29 is 9.47 Å². The summed E-state index contributed by atoms with van der Waals surface area (Å²) < 4.78 is 12.3. The van der Waals surface area contributed by atoms with Crippen LogP contribution in [-0.4, -0.2) is 29.1 Å². The molecule has 2 N–H and O–H groups in total. The minimum absolute atomic E-state index is 0.398. The summed E-state index contributed by atoms with van der Waals surface area (Å²) in [5.41, 5.74) is 1.73. The molecule has 0 aliphatic rings. The summed E-state index contributed by atoms with van der Waals surface area (Å²) in [6, 6.07) is 12.7. The van der Waals surface area contributed by atoms with E-state index in [0.717, 1.165) is 11.3 Å². The molecule has 28 heavy (non-hydrogen) atoms. The van der Waals surface area contributed by atoms with E-state index in [-0.39, 0.29) is 0 Å². The number of hydrogen-bond donors (Lipinski definition) is 2. The molecule has 9 heteroatoms. The van der Waals surface area contributed by atoms with E-state index in [1.807, 2.05) is 36.5 Å². The number of methoxy groups -OCH3 is 2. The number of benzene rings is 2. The molecule has 0 aliphatic heterocycles. The van der Waals surface area contributed by atoms with Crippen molar-refractivity contribution in [1.29, 1.82) is 0 Å². The molecule has 3 aromatic rings. The maximum absolute atomic E-state index is 6.06. The summed E-state index contributed by atoms with van der Waals surface area (Å²) in [4.78, 5) is 0. The minimum atomic E-state index is 0.398. The lowest BCUT2D eigenvalue weighted by atomic mass is 10.2. The second-order valence-corrected chi connectivity index (χ2v) is 7.05. The summed E-state index contributed by atoms with van der Waals surface area (Å²) in [7, 11) is 3.19. The highest BCUT2D eigenvalue weighted by molar-refractivity contribution is 7.80. The van der Waals surface area contributed by atoms with Crippen LogP contribution in [0.4, 0.5) is 11.5 Å². The number of hydrogen-bond acceptors (Lipinski definition) is 4. The van der Waals surface area contributed by atoms with Crippen LogP contribution in [0, 0.1) is 0 Å². The van der Waals surface area contributed by atoms with Gasteiger partial charge in [0.15, 0.2) is 10.9 Å². The maximum Gasteiger partial charge on any atom is 0.176 e. The molecule has 3 rings (SSSR count). The highest BCUT2D eigenvalue weighted by Crippen LogP contribution is 2.26. The zero-order valence-corrected chi connectivity index (χ0v) is 17.5. The van der Waals surface area contributed by atoms with Gasteiger partial charge >= 0.3 is 0 Å². The monoisotopic (exact) mass is 436 g/mol. The Labute approximate surface area is 178 Å². The van der Waals surface area contributed by atoms with E-state index in [0.29, 0.717) is 39.0 Å². The predicted octanol–water partition coefficient (Wildman–Crippen LogP) is 5.06. The third-order valence-electron chi connectivity index (χ3n) is 3.82. The Morgan fingerprint density at radius 2 is 1.71 bits per heavy atom. The molecule has 1 aromatic heterocycles. The molecule has 2 aromatic carbocycles. The van der Waals surface area contributed by atoms with E-state index in [1.54, 1.807) is 31.0 Å². The number of rotatable bonds is 6. The van der Waals surface area contributed by atoms with Gasteiger partial charge in [-0.25, -0.2) is 0 Å². The third kappa shape index (κ3) is 5.28. The zero-order valence-electron chi connectivity index (χ0n) is 15.2. The summed E-state index contributed by atoms with van der Waals surface area (Å²) in [5, 5.41) is 12.0. The number of nitrogens with zero attached hydrogens (tertiary/aromatic N) is 2. The van der Waals surface area contributed by atoms with E-state index in [1.165, 1.54) is 0 Å². The molecule has 0 bridgehead atoms. The molecule has 0 spiro atoms. The Kier molecular flexibility index (Phi) is 6.61. The maximum atomic E-state index is 6.06.